The Hall–Kier alpha value is -1.76. The maximum Gasteiger partial charge on any atom is 0.417 e. The molecule has 2 N–H and O–H groups in total. The SMILES string of the molecule is CN1CCC(Nc2ccc(C(=O)O)c(C(F)(F)F)c2)CC1. The van der Waals surface area contributed by atoms with Crippen molar-refractivity contribution in [1.82, 2.24) is 4.90 Å². The highest BCUT2D eigenvalue weighted by molar-refractivity contribution is 5.90. The normalized spacial score (nSPS) is 17.7. The number of piperidine rings is 1. The van der Waals surface area contributed by atoms with Crippen LogP contribution in [-0.4, -0.2) is 42.2 Å². The van der Waals surface area contributed by atoms with E-state index in [9.17, 15) is 18.0 Å². The number of carboxylic acid groups (broad SMARTS) is 1. The zero-order valence-electron chi connectivity index (χ0n) is 11.6. The monoisotopic (exact) mass is 302 g/mol. The lowest BCUT2D eigenvalue weighted by atomic mass is 10.0. The first-order valence-corrected chi connectivity index (χ1v) is 6.67. The topological polar surface area (TPSA) is 52.6 Å². The second kappa shape index (κ2) is 5.93. The molecule has 1 aliphatic heterocycles. The molecule has 7 heteroatoms. The first-order chi connectivity index (χ1) is 9.77. The number of hydrogen-bond donors (Lipinski definition) is 2. The molecule has 1 aromatic carbocycles. The molecule has 2 rings (SSSR count). The van der Waals surface area contributed by atoms with Crippen molar-refractivity contribution in [1.29, 1.82) is 0 Å². The van der Waals surface area contributed by atoms with Gasteiger partial charge in [-0.15, -0.1) is 0 Å². The van der Waals surface area contributed by atoms with Gasteiger partial charge in [-0.05, 0) is 51.2 Å². The average molecular weight is 302 g/mol. The molecule has 0 spiro atoms. The number of carboxylic acids is 1. The molecular weight excluding hydrogens is 285 g/mol. The summed E-state index contributed by atoms with van der Waals surface area (Å²) in [6.45, 7) is 1.77. The Morgan fingerprint density at radius 3 is 2.48 bits per heavy atom. The molecule has 0 amide bonds. The number of benzene rings is 1. The predicted octanol–water partition coefficient (Wildman–Crippen LogP) is 2.91. The van der Waals surface area contributed by atoms with Crippen LogP contribution in [0.25, 0.3) is 0 Å². The van der Waals surface area contributed by atoms with E-state index < -0.39 is 23.3 Å². The molecule has 0 radical (unpaired) electrons. The molecule has 116 valence electrons. The fraction of sp³-hybridized carbons (Fsp3) is 0.500. The van der Waals surface area contributed by atoms with Crippen LogP contribution in [0.15, 0.2) is 18.2 Å². The van der Waals surface area contributed by atoms with Gasteiger partial charge in [0.15, 0.2) is 0 Å². The summed E-state index contributed by atoms with van der Waals surface area (Å²) in [5, 5.41) is 11.9. The molecule has 0 aromatic heterocycles. The zero-order valence-corrected chi connectivity index (χ0v) is 11.6. The first-order valence-electron chi connectivity index (χ1n) is 6.67. The van der Waals surface area contributed by atoms with E-state index in [0.717, 1.165) is 38.1 Å². The first kappa shape index (κ1) is 15.6. The van der Waals surface area contributed by atoms with E-state index in [1.165, 1.54) is 6.07 Å². The van der Waals surface area contributed by atoms with E-state index in [0.29, 0.717) is 5.69 Å². The van der Waals surface area contributed by atoms with Gasteiger partial charge in [-0.1, -0.05) is 0 Å². The van der Waals surface area contributed by atoms with Crippen molar-refractivity contribution >= 4 is 11.7 Å². The van der Waals surface area contributed by atoms with Gasteiger partial charge in [0.2, 0.25) is 0 Å². The van der Waals surface area contributed by atoms with Crippen molar-refractivity contribution in [3.8, 4) is 0 Å². The van der Waals surface area contributed by atoms with Crippen LogP contribution in [0.3, 0.4) is 0 Å². The molecule has 1 aromatic rings. The van der Waals surface area contributed by atoms with Crippen LogP contribution < -0.4 is 5.32 Å². The number of rotatable bonds is 3. The third kappa shape index (κ3) is 3.87. The summed E-state index contributed by atoms with van der Waals surface area (Å²) in [6, 6.07) is 3.37. The summed E-state index contributed by atoms with van der Waals surface area (Å²) < 4.78 is 38.8. The lowest BCUT2D eigenvalue weighted by Gasteiger charge is -2.30. The molecule has 0 saturated carbocycles. The van der Waals surface area contributed by atoms with Gasteiger partial charge < -0.3 is 15.3 Å². The van der Waals surface area contributed by atoms with Crippen LogP contribution in [0, 0.1) is 0 Å². The summed E-state index contributed by atoms with van der Waals surface area (Å²) in [5.74, 6) is -1.58. The van der Waals surface area contributed by atoms with Gasteiger partial charge in [0, 0.05) is 11.7 Å². The van der Waals surface area contributed by atoms with Crippen molar-refractivity contribution in [3.05, 3.63) is 29.3 Å². The van der Waals surface area contributed by atoms with Gasteiger partial charge in [-0.2, -0.15) is 13.2 Å². The van der Waals surface area contributed by atoms with E-state index in [1.54, 1.807) is 0 Å². The predicted molar refractivity (Wildman–Crippen MR) is 72.5 cm³/mol. The van der Waals surface area contributed by atoms with E-state index in [2.05, 4.69) is 10.2 Å². The number of carbonyl (C=O) groups is 1. The molecular formula is C14H17F3N2O2. The zero-order chi connectivity index (χ0) is 15.6. The Morgan fingerprint density at radius 1 is 1.33 bits per heavy atom. The number of nitrogens with zero attached hydrogens (tertiary/aromatic N) is 1. The molecule has 0 unspecified atom stereocenters. The van der Waals surface area contributed by atoms with Crippen molar-refractivity contribution in [3.63, 3.8) is 0 Å². The minimum atomic E-state index is -4.68. The molecule has 1 aliphatic rings. The van der Waals surface area contributed by atoms with Crippen molar-refractivity contribution in [2.45, 2.75) is 25.1 Å². The van der Waals surface area contributed by atoms with Crippen LogP contribution in [0.2, 0.25) is 0 Å². The molecule has 21 heavy (non-hydrogen) atoms. The molecule has 0 atom stereocenters. The van der Waals surface area contributed by atoms with E-state index >= 15 is 0 Å². The highest BCUT2D eigenvalue weighted by atomic mass is 19.4. The molecule has 1 fully saturated rings. The maximum absolute atomic E-state index is 12.9. The third-order valence-corrected chi connectivity index (χ3v) is 3.64. The number of aromatic carboxylic acids is 1. The molecule has 1 heterocycles. The van der Waals surface area contributed by atoms with E-state index in [1.807, 2.05) is 7.05 Å². The summed E-state index contributed by atoms with van der Waals surface area (Å²) >= 11 is 0. The number of anilines is 1. The Morgan fingerprint density at radius 2 is 1.95 bits per heavy atom. The fourth-order valence-corrected chi connectivity index (χ4v) is 2.44. The number of halogens is 3. The maximum atomic E-state index is 12.9. The largest absolute Gasteiger partial charge is 0.478 e. The standard InChI is InChI=1S/C14H17F3N2O2/c1-19-6-4-9(5-7-19)18-10-2-3-11(13(20)21)12(8-10)14(15,16)17/h2-3,8-9,18H,4-7H2,1H3,(H,20,21). The Labute approximate surface area is 120 Å². The summed E-state index contributed by atoms with van der Waals surface area (Å²) in [7, 11) is 2.00. The van der Waals surface area contributed by atoms with Gasteiger partial charge in [0.1, 0.15) is 0 Å². The third-order valence-electron chi connectivity index (χ3n) is 3.64. The average Bonchev–Trinajstić information content (AvgIpc) is 2.40. The summed E-state index contributed by atoms with van der Waals surface area (Å²) in [4.78, 5) is 13.0. The summed E-state index contributed by atoms with van der Waals surface area (Å²) in [6.07, 6.45) is -2.99. The number of nitrogens with one attached hydrogen (secondary N) is 1. The van der Waals surface area contributed by atoms with Crippen LogP contribution in [0.4, 0.5) is 18.9 Å². The fourth-order valence-electron chi connectivity index (χ4n) is 2.44. The highest BCUT2D eigenvalue weighted by Gasteiger charge is 2.35. The van der Waals surface area contributed by atoms with E-state index in [-0.39, 0.29) is 6.04 Å². The van der Waals surface area contributed by atoms with Crippen molar-refractivity contribution in [2.75, 3.05) is 25.5 Å². The smallest absolute Gasteiger partial charge is 0.417 e. The minimum absolute atomic E-state index is 0.109. The highest BCUT2D eigenvalue weighted by Crippen LogP contribution is 2.34. The Balaban J connectivity index is 2.20. The summed E-state index contributed by atoms with van der Waals surface area (Å²) in [5.41, 5.74) is -1.54. The number of hydrogen-bond acceptors (Lipinski definition) is 3. The number of likely N-dealkylation sites (tertiary alicyclic amines) is 1. The second-order valence-corrected chi connectivity index (χ2v) is 5.29. The van der Waals surface area contributed by atoms with Gasteiger partial charge in [-0.25, -0.2) is 4.79 Å². The Kier molecular flexibility index (Phi) is 4.41. The van der Waals surface area contributed by atoms with E-state index in [4.69, 9.17) is 5.11 Å². The van der Waals surface area contributed by atoms with Gasteiger partial charge in [0.05, 0.1) is 11.1 Å². The number of alkyl halides is 3. The lowest BCUT2D eigenvalue weighted by molar-refractivity contribution is -0.138. The van der Waals surface area contributed by atoms with Crippen molar-refractivity contribution in [2.24, 2.45) is 0 Å². The molecule has 0 aliphatic carbocycles. The second-order valence-electron chi connectivity index (χ2n) is 5.29. The molecule has 1 saturated heterocycles. The quantitative estimate of drug-likeness (QED) is 0.901. The van der Waals surface area contributed by atoms with Gasteiger partial charge in [0.25, 0.3) is 0 Å². The van der Waals surface area contributed by atoms with Crippen LogP contribution >= 0.6 is 0 Å². The van der Waals surface area contributed by atoms with Crippen LogP contribution in [-0.2, 0) is 6.18 Å². The van der Waals surface area contributed by atoms with Gasteiger partial charge in [-0.3, -0.25) is 0 Å². The van der Waals surface area contributed by atoms with Crippen LogP contribution in [0.5, 0.6) is 0 Å². The molecule has 4 nitrogen and oxygen atoms in total. The van der Waals surface area contributed by atoms with Gasteiger partial charge >= 0.3 is 12.1 Å². The van der Waals surface area contributed by atoms with Crippen molar-refractivity contribution < 1.29 is 23.1 Å². The lowest BCUT2D eigenvalue weighted by Crippen LogP contribution is -2.36. The minimum Gasteiger partial charge on any atom is -0.478 e. The Bertz CT molecular complexity index is 523. The van der Waals surface area contributed by atoms with Crippen LogP contribution in [0.1, 0.15) is 28.8 Å². The molecule has 0 bridgehead atoms.